The predicted octanol–water partition coefficient (Wildman–Crippen LogP) is 0.208. The molecule has 1 aliphatic heterocycles. The molecular weight excluding hydrogens is 319 g/mol. The van der Waals surface area contributed by atoms with Gasteiger partial charge in [0.15, 0.2) is 5.75 Å². The van der Waals surface area contributed by atoms with Gasteiger partial charge in [-0.25, -0.2) is 0 Å². The summed E-state index contributed by atoms with van der Waals surface area (Å²) in [6, 6.07) is 0.728. The summed E-state index contributed by atoms with van der Waals surface area (Å²) in [5, 5.41) is 2.70. The first kappa shape index (κ1) is 16.6. The first-order chi connectivity index (χ1) is 10.4. The van der Waals surface area contributed by atoms with Gasteiger partial charge in [0.25, 0.3) is 5.91 Å². The van der Waals surface area contributed by atoms with Crippen molar-refractivity contribution in [1.82, 2.24) is 10.3 Å². The minimum atomic E-state index is -5.17. The second-order valence-corrected chi connectivity index (χ2v) is 5.56. The molecule has 1 aliphatic rings. The third kappa shape index (κ3) is 4.61. The fourth-order valence-electron chi connectivity index (χ4n) is 2.09. The normalized spacial score (nSPS) is 22.1. The van der Waals surface area contributed by atoms with E-state index in [1.165, 1.54) is 13.3 Å². The van der Waals surface area contributed by atoms with Gasteiger partial charge in [-0.05, 0) is 12.5 Å². The molecule has 2 heterocycles. The highest BCUT2D eigenvalue weighted by atomic mass is 32.3. The van der Waals surface area contributed by atoms with Crippen LogP contribution in [0.15, 0.2) is 18.5 Å². The van der Waals surface area contributed by atoms with E-state index in [4.69, 9.17) is 9.47 Å². The van der Waals surface area contributed by atoms with Gasteiger partial charge in [0, 0.05) is 19.9 Å². The summed E-state index contributed by atoms with van der Waals surface area (Å²) in [5.41, 5.74) is 0.0292. The van der Waals surface area contributed by atoms with E-state index >= 15 is 0 Å². The second-order valence-electron chi connectivity index (χ2n) is 4.60. The lowest BCUT2D eigenvalue weighted by Crippen LogP contribution is -2.50. The van der Waals surface area contributed by atoms with Gasteiger partial charge in [-0.2, -0.15) is 8.42 Å². The van der Waals surface area contributed by atoms with Crippen LogP contribution in [0.2, 0.25) is 0 Å². The number of nitrogens with zero attached hydrogens (tertiary/aromatic N) is 1. The standard InChI is InChI=1S/C12H15FN2O6S/c1-19-11-2-3-20-7-10(11)15-12(16)8-4-9(6-14-5-8)21-22(13,17)18/h4-6,10-11H,2-3,7H2,1H3,(H,15,16)/t10-,11-/m1/s1. The summed E-state index contributed by atoms with van der Waals surface area (Å²) in [5.74, 6) is -0.912. The molecule has 0 radical (unpaired) electrons. The van der Waals surface area contributed by atoms with E-state index in [1.54, 1.807) is 0 Å². The molecule has 1 N–H and O–H groups in total. The van der Waals surface area contributed by atoms with Crippen LogP contribution in [0.25, 0.3) is 0 Å². The Balaban J connectivity index is 2.07. The maximum atomic E-state index is 12.5. The van der Waals surface area contributed by atoms with Gasteiger partial charge < -0.3 is 19.0 Å². The van der Waals surface area contributed by atoms with E-state index in [9.17, 15) is 17.1 Å². The van der Waals surface area contributed by atoms with E-state index in [2.05, 4.69) is 14.5 Å². The zero-order valence-electron chi connectivity index (χ0n) is 11.7. The van der Waals surface area contributed by atoms with Gasteiger partial charge in [0.1, 0.15) is 0 Å². The van der Waals surface area contributed by atoms with Gasteiger partial charge in [-0.1, -0.05) is 3.89 Å². The SMILES string of the molecule is CO[C@@H]1CCOC[C@H]1NC(=O)c1cncc(OS(=O)(=O)F)c1. The molecular formula is C12H15FN2O6S. The number of aromatic nitrogens is 1. The van der Waals surface area contributed by atoms with Gasteiger partial charge >= 0.3 is 10.5 Å². The average Bonchev–Trinajstić information content (AvgIpc) is 2.46. The Bertz CT molecular complexity index is 638. The van der Waals surface area contributed by atoms with Crippen LogP contribution in [0, 0.1) is 0 Å². The smallest absolute Gasteiger partial charge is 0.379 e. The van der Waals surface area contributed by atoms with Crippen molar-refractivity contribution in [3.05, 3.63) is 24.0 Å². The number of carbonyl (C=O) groups is 1. The van der Waals surface area contributed by atoms with Crippen molar-refractivity contribution in [3.8, 4) is 5.75 Å². The molecule has 0 aliphatic carbocycles. The Hall–Kier alpha value is -1.78. The topological polar surface area (TPSA) is 104 Å². The number of halogens is 1. The molecule has 1 aromatic heterocycles. The Morgan fingerprint density at radius 3 is 2.95 bits per heavy atom. The fourth-order valence-corrected chi connectivity index (χ4v) is 2.41. The van der Waals surface area contributed by atoms with Crippen molar-refractivity contribution in [2.75, 3.05) is 20.3 Å². The predicted molar refractivity (Wildman–Crippen MR) is 72.4 cm³/mol. The van der Waals surface area contributed by atoms with E-state index in [-0.39, 0.29) is 17.7 Å². The number of nitrogens with one attached hydrogen (secondary N) is 1. The van der Waals surface area contributed by atoms with Crippen LogP contribution in [-0.4, -0.2) is 51.8 Å². The Kier molecular flexibility index (Phi) is 5.27. The first-order valence-electron chi connectivity index (χ1n) is 6.39. The maximum absolute atomic E-state index is 12.5. The van der Waals surface area contributed by atoms with Gasteiger partial charge in [-0.15, -0.1) is 0 Å². The van der Waals surface area contributed by atoms with Crippen LogP contribution in [0.3, 0.4) is 0 Å². The number of hydrogen-bond acceptors (Lipinski definition) is 7. The maximum Gasteiger partial charge on any atom is 0.488 e. The molecule has 122 valence electrons. The Morgan fingerprint density at radius 1 is 1.50 bits per heavy atom. The lowest BCUT2D eigenvalue weighted by atomic mass is 10.1. The highest BCUT2D eigenvalue weighted by molar-refractivity contribution is 7.81. The van der Waals surface area contributed by atoms with Crippen LogP contribution >= 0.6 is 0 Å². The summed E-state index contributed by atoms with van der Waals surface area (Å²) in [6.45, 7) is 0.844. The molecule has 2 rings (SSSR count). The van der Waals surface area contributed by atoms with E-state index in [0.717, 1.165) is 12.3 Å². The molecule has 0 unspecified atom stereocenters. The summed E-state index contributed by atoms with van der Waals surface area (Å²) < 4.78 is 47.9. The molecule has 0 bridgehead atoms. The van der Waals surface area contributed by atoms with Crippen molar-refractivity contribution in [1.29, 1.82) is 0 Å². The molecule has 0 saturated carbocycles. The monoisotopic (exact) mass is 334 g/mol. The summed E-state index contributed by atoms with van der Waals surface area (Å²) in [6.07, 6.45) is 2.65. The number of ether oxygens (including phenoxy) is 2. The molecule has 22 heavy (non-hydrogen) atoms. The van der Waals surface area contributed by atoms with Gasteiger partial charge in [0.2, 0.25) is 0 Å². The zero-order valence-corrected chi connectivity index (χ0v) is 12.5. The van der Waals surface area contributed by atoms with Crippen LogP contribution < -0.4 is 9.50 Å². The van der Waals surface area contributed by atoms with Crippen molar-refractivity contribution in [3.63, 3.8) is 0 Å². The quantitative estimate of drug-likeness (QED) is 0.768. The fraction of sp³-hybridized carbons (Fsp3) is 0.500. The Labute approximate surface area is 127 Å². The molecule has 8 nitrogen and oxygen atoms in total. The van der Waals surface area contributed by atoms with Gasteiger partial charge in [-0.3, -0.25) is 9.78 Å². The molecule has 1 aromatic rings. The number of hydrogen-bond donors (Lipinski definition) is 1. The second kappa shape index (κ2) is 6.99. The molecule has 1 fully saturated rings. The Morgan fingerprint density at radius 2 is 2.27 bits per heavy atom. The van der Waals surface area contributed by atoms with Crippen molar-refractivity contribution in [2.24, 2.45) is 0 Å². The lowest BCUT2D eigenvalue weighted by Gasteiger charge is -2.30. The van der Waals surface area contributed by atoms with Crippen LogP contribution in [0.5, 0.6) is 5.75 Å². The van der Waals surface area contributed by atoms with Crippen LogP contribution in [0.1, 0.15) is 16.8 Å². The zero-order chi connectivity index (χ0) is 16.2. The number of pyridine rings is 1. The van der Waals surface area contributed by atoms with E-state index < -0.39 is 22.2 Å². The molecule has 1 saturated heterocycles. The van der Waals surface area contributed by atoms with Gasteiger partial charge in [0.05, 0.1) is 30.5 Å². The van der Waals surface area contributed by atoms with Crippen LogP contribution in [0.4, 0.5) is 3.89 Å². The highest BCUT2D eigenvalue weighted by Crippen LogP contribution is 2.16. The minimum Gasteiger partial charge on any atom is -0.379 e. The van der Waals surface area contributed by atoms with Crippen molar-refractivity contribution in [2.45, 2.75) is 18.6 Å². The van der Waals surface area contributed by atoms with Crippen LogP contribution in [-0.2, 0) is 20.0 Å². The summed E-state index contributed by atoms with van der Waals surface area (Å²) in [7, 11) is -3.63. The number of amides is 1. The molecule has 1 amide bonds. The van der Waals surface area contributed by atoms with Crippen molar-refractivity contribution >= 4 is 16.4 Å². The highest BCUT2D eigenvalue weighted by Gasteiger charge is 2.27. The minimum absolute atomic E-state index is 0.0292. The number of methoxy groups -OCH3 is 1. The largest absolute Gasteiger partial charge is 0.488 e. The molecule has 0 aromatic carbocycles. The third-order valence-corrected chi connectivity index (χ3v) is 3.47. The molecule has 0 spiro atoms. The summed E-state index contributed by atoms with van der Waals surface area (Å²) >= 11 is 0. The molecule has 10 heteroatoms. The third-order valence-electron chi connectivity index (χ3n) is 3.08. The lowest BCUT2D eigenvalue weighted by molar-refractivity contribution is -0.0349. The number of rotatable bonds is 5. The van der Waals surface area contributed by atoms with E-state index in [1.807, 2.05) is 0 Å². The molecule has 2 atom stereocenters. The first-order valence-corrected chi connectivity index (χ1v) is 7.70. The average molecular weight is 334 g/mol. The van der Waals surface area contributed by atoms with E-state index in [0.29, 0.717) is 19.6 Å². The number of carbonyl (C=O) groups excluding carboxylic acids is 1. The van der Waals surface area contributed by atoms with Crippen molar-refractivity contribution < 1.29 is 30.8 Å². The summed E-state index contributed by atoms with van der Waals surface area (Å²) in [4.78, 5) is 15.8.